The predicted octanol–water partition coefficient (Wildman–Crippen LogP) is 3.96. The Hall–Kier alpha value is -2.54. The van der Waals surface area contributed by atoms with Crippen LogP contribution in [0.4, 0.5) is 14.5 Å². The van der Waals surface area contributed by atoms with Crippen LogP contribution in [0.3, 0.4) is 0 Å². The number of amides is 1. The third kappa shape index (κ3) is 2.82. The minimum Gasteiger partial charge on any atom is -0.311 e. The van der Waals surface area contributed by atoms with Gasteiger partial charge >= 0.3 is 0 Å². The smallest absolute Gasteiger partial charge is 0.233 e. The van der Waals surface area contributed by atoms with Gasteiger partial charge in [-0.3, -0.25) is 9.36 Å². The Morgan fingerprint density at radius 3 is 2.69 bits per heavy atom. The number of rotatable bonds is 3. The summed E-state index contributed by atoms with van der Waals surface area (Å²) >= 11 is 1.47. The molecule has 1 aliphatic heterocycles. The molecule has 1 aromatic carbocycles. The number of thiazole rings is 1. The van der Waals surface area contributed by atoms with Gasteiger partial charge in [0, 0.05) is 34.9 Å². The highest BCUT2D eigenvalue weighted by Crippen LogP contribution is 2.32. The van der Waals surface area contributed by atoms with Crippen molar-refractivity contribution in [3.63, 3.8) is 0 Å². The second kappa shape index (κ2) is 6.32. The van der Waals surface area contributed by atoms with Crippen LogP contribution in [0, 0.1) is 25.5 Å². The normalized spacial score (nSPS) is 13.3. The van der Waals surface area contributed by atoms with Crippen LogP contribution >= 0.6 is 11.3 Å². The van der Waals surface area contributed by atoms with E-state index in [1.54, 1.807) is 0 Å². The molecule has 3 aromatic rings. The van der Waals surface area contributed by atoms with E-state index in [1.807, 2.05) is 35.9 Å². The molecule has 0 N–H and O–H groups in total. The molecule has 3 heterocycles. The zero-order chi connectivity index (χ0) is 18.4. The topological polar surface area (TPSA) is 38.1 Å². The number of hydrogen-bond donors (Lipinski definition) is 0. The molecule has 1 amide bonds. The highest BCUT2D eigenvalue weighted by atomic mass is 32.1. The Morgan fingerprint density at radius 2 is 1.96 bits per heavy atom. The quantitative estimate of drug-likeness (QED) is 0.697. The summed E-state index contributed by atoms with van der Waals surface area (Å²) in [5.41, 5.74) is 3.55. The zero-order valence-corrected chi connectivity index (χ0v) is 15.2. The third-order valence-electron chi connectivity index (χ3n) is 4.65. The van der Waals surface area contributed by atoms with Gasteiger partial charge in [0.2, 0.25) is 5.91 Å². The van der Waals surface area contributed by atoms with Crippen LogP contribution < -0.4 is 4.90 Å². The number of nitrogens with zero attached hydrogens (tertiary/aromatic N) is 3. The highest BCUT2D eigenvalue weighted by Gasteiger charge is 2.28. The number of aromatic nitrogens is 2. The van der Waals surface area contributed by atoms with Gasteiger partial charge < -0.3 is 4.90 Å². The lowest BCUT2D eigenvalue weighted by Crippen LogP contribution is -2.30. The lowest BCUT2D eigenvalue weighted by Gasteiger charge is -2.17. The molecule has 0 saturated heterocycles. The van der Waals surface area contributed by atoms with Crippen molar-refractivity contribution in [2.24, 2.45) is 0 Å². The predicted molar refractivity (Wildman–Crippen MR) is 97.0 cm³/mol. The molecule has 0 spiro atoms. The van der Waals surface area contributed by atoms with E-state index >= 15 is 0 Å². The number of hydrogen-bond acceptors (Lipinski definition) is 3. The highest BCUT2D eigenvalue weighted by molar-refractivity contribution is 7.12. The molecule has 0 bridgehead atoms. The van der Waals surface area contributed by atoms with Crippen LogP contribution in [0.25, 0.3) is 5.13 Å². The van der Waals surface area contributed by atoms with Gasteiger partial charge in [0.1, 0.15) is 11.6 Å². The van der Waals surface area contributed by atoms with E-state index in [0.29, 0.717) is 29.9 Å². The molecule has 134 valence electrons. The van der Waals surface area contributed by atoms with Crippen molar-refractivity contribution in [3.8, 4) is 5.13 Å². The van der Waals surface area contributed by atoms with E-state index in [9.17, 15) is 13.6 Å². The van der Waals surface area contributed by atoms with Crippen LogP contribution in [-0.4, -0.2) is 22.0 Å². The van der Waals surface area contributed by atoms with Crippen molar-refractivity contribution in [3.05, 3.63) is 63.9 Å². The summed E-state index contributed by atoms with van der Waals surface area (Å²) in [7, 11) is 0. The summed E-state index contributed by atoms with van der Waals surface area (Å²) in [5, 5.41) is 2.67. The second-order valence-electron chi connectivity index (χ2n) is 6.43. The maximum atomic E-state index is 13.9. The SMILES string of the molecule is Cc1ccc(C)n1-c1nc(CC(=O)N2CCc3c(F)cc(F)cc32)cs1. The Bertz CT molecular complexity index is 989. The van der Waals surface area contributed by atoms with Crippen molar-refractivity contribution >= 4 is 22.9 Å². The number of fused-ring (bicyclic) bond motifs is 1. The molecule has 2 aromatic heterocycles. The maximum absolute atomic E-state index is 13.9. The monoisotopic (exact) mass is 373 g/mol. The number of carbonyl (C=O) groups excluding carboxylic acids is 1. The van der Waals surface area contributed by atoms with Crippen LogP contribution in [0.15, 0.2) is 29.6 Å². The molecule has 7 heteroatoms. The first-order valence-electron chi connectivity index (χ1n) is 8.32. The number of carbonyl (C=O) groups is 1. The average molecular weight is 373 g/mol. The third-order valence-corrected chi connectivity index (χ3v) is 5.52. The number of benzene rings is 1. The van der Waals surface area contributed by atoms with Crippen molar-refractivity contribution < 1.29 is 13.6 Å². The van der Waals surface area contributed by atoms with E-state index in [4.69, 9.17) is 0 Å². The summed E-state index contributed by atoms with van der Waals surface area (Å²) in [6.45, 7) is 4.37. The molecule has 0 aliphatic carbocycles. The minimum atomic E-state index is -0.671. The number of aryl methyl sites for hydroxylation is 2. The minimum absolute atomic E-state index is 0.105. The van der Waals surface area contributed by atoms with Gasteiger partial charge in [-0.05, 0) is 38.5 Å². The largest absolute Gasteiger partial charge is 0.311 e. The Morgan fingerprint density at radius 1 is 1.23 bits per heavy atom. The molecule has 0 saturated carbocycles. The summed E-state index contributed by atoms with van der Waals surface area (Å²) < 4.78 is 29.4. The molecule has 4 nitrogen and oxygen atoms in total. The average Bonchev–Trinajstić information content (AvgIpc) is 3.27. The van der Waals surface area contributed by atoms with Crippen molar-refractivity contribution in [2.45, 2.75) is 26.7 Å². The molecule has 0 fully saturated rings. The van der Waals surface area contributed by atoms with Crippen molar-refractivity contribution in [1.29, 1.82) is 0 Å². The van der Waals surface area contributed by atoms with Crippen LogP contribution in [0.5, 0.6) is 0 Å². The van der Waals surface area contributed by atoms with Crippen LogP contribution in [0.1, 0.15) is 22.6 Å². The summed E-state index contributed by atoms with van der Waals surface area (Å²) in [6, 6.07) is 6.13. The lowest BCUT2D eigenvalue weighted by atomic mass is 10.1. The van der Waals surface area contributed by atoms with Crippen molar-refractivity contribution in [1.82, 2.24) is 9.55 Å². The standard InChI is InChI=1S/C19H17F2N3OS/c1-11-3-4-12(2)24(11)19-22-14(10-26-19)9-18(25)23-6-5-15-16(21)7-13(20)8-17(15)23/h3-4,7-8,10H,5-6,9H2,1-2H3. The number of halogens is 2. The Labute approximate surface area is 153 Å². The van der Waals surface area contributed by atoms with Crippen molar-refractivity contribution in [2.75, 3.05) is 11.4 Å². The van der Waals surface area contributed by atoms with Crippen LogP contribution in [-0.2, 0) is 17.6 Å². The molecule has 0 radical (unpaired) electrons. The summed E-state index contributed by atoms with van der Waals surface area (Å²) in [6.07, 6.45) is 0.505. The molecule has 0 atom stereocenters. The fraction of sp³-hybridized carbons (Fsp3) is 0.263. The summed E-state index contributed by atoms with van der Waals surface area (Å²) in [4.78, 5) is 18.7. The lowest BCUT2D eigenvalue weighted by molar-refractivity contribution is -0.117. The second-order valence-corrected chi connectivity index (χ2v) is 7.27. The molecule has 1 aliphatic rings. The Balaban J connectivity index is 1.56. The fourth-order valence-electron chi connectivity index (χ4n) is 3.38. The van der Waals surface area contributed by atoms with Gasteiger partial charge in [0.25, 0.3) is 0 Å². The fourth-order valence-corrected chi connectivity index (χ4v) is 4.32. The van der Waals surface area contributed by atoms with Crippen LogP contribution in [0.2, 0.25) is 0 Å². The van der Waals surface area contributed by atoms with Gasteiger partial charge in [0.15, 0.2) is 5.13 Å². The molecular weight excluding hydrogens is 356 g/mol. The zero-order valence-electron chi connectivity index (χ0n) is 14.4. The molecule has 26 heavy (non-hydrogen) atoms. The van der Waals surface area contributed by atoms with Gasteiger partial charge in [-0.2, -0.15) is 0 Å². The van der Waals surface area contributed by atoms with Gasteiger partial charge in [0.05, 0.1) is 17.8 Å². The van der Waals surface area contributed by atoms with E-state index in [2.05, 4.69) is 4.98 Å². The number of anilines is 1. The Kier molecular flexibility index (Phi) is 4.11. The van der Waals surface area contributed by atoms with E-state index in [1.165, 1.54) is 22.3 Å². The van der Waals surface area contributed by atoms with E-state index in [-0.39, 0.29) is 12.3 Å². The first kappa shape index (κ1) is 16.9. The molecular formula is C19H17F2N3OS. The first-order chi connectivity index (χ1) is 12.4. The van der Waals surface area contributed by atoms with Gasteiger partial charge in [-0.1, -0.05) is 0 Å². The van der Waals surface area contributed by atoms with Gasteiger partial charge in [-0.25, -0.2) is 13.8 Å². The molecule has 0 unspecified atom stereocenters. The first-order valence-corrected chi connectivity index (χ1v) is 9.20. The van der Waals surface area contributed by atoms with E-state index < -0.39 is 11.6 Å². The summed E-state index contributed by atoms with van der Waals surface area (Å²) in [5.74, 6) is -1.47. The molecule has 4 rings (SSSR count). The maximum Gasteiger partial charge on any atom is 0.233 e. The van der Waals surface area contributed by atoms with Gasteiger partial charge in [-0.15, -0.1) is 11.3 Å². The van der Waals surface area contributed by atoms with E-state index in [0.717, 1.165) is 22.6 Å².